The molecule has 0 radical (unpaired) electrons. The van der Waals surface area contributed by atoms with Gasteiger partial charge in [0.2, 0.25) is 0 Å². The number of nitrogens with one attached hydrogen (secondary N) is 1. The second-order valence-electron chi connectivity index (χ2n) is 3.65. The van der Waals surface area contributed by atoms with Gasteiger partial charge in [0.1, 0.15) is 5.82 Å². The Morgan fingerprint density at radius 1 is 1.28 bits per heavy atom. The molecule has 2 aromatic rings. The van der Waals surface area contributed by atoms with Gasteiger partial charge in [-0.15, -0.1) is 0 Å². The minimum absolute atomic E-state index is 0.115. The van der Waals surface area contributed by atoms with Gasteiger partial charge in [-0.1, -0.05) is 17.7 Å². The van der Waals surface area contributed by atoms with Crippen molar-refractivity contribution in [1.29, 1.82) is 0 Å². The van der Waals surface area contributed by atoms with E-state index in [0.29, 0.717) is 16.1 Å². The number of halogens is 2. The maximum Gasteiger partial charge on any atom is 0.251 e. The fourth-order valence-electron chi connectivity index (χ4n) is 1.45. The molecule has 1 amide bonds. The number of amides is 1. The SMILES string of the molecule is O=C(NCc1ccc(Cl)cc1F)c1ccncc1. The fraction of sp³-hybridized carbons (Fsp3) is 0.0769. The summed E-state index contributed by atoms with van der Waals surface area (Å²) in [5.41, 5.74) is 0.876. The molecule has 0 saturated heterocycles. The molecule has 1 N–H and O–H groups in total. The zero-order valence-corrected chi connectivity index (χ0v) is 10.1. The molecule has 1 heterocycles. The second kappa shape index (κ2) is 5.60. The number of carbonyl (C=O) groups is 1. The monoisotopic (exact) mass is 264 g/mol. The van der Waals surface area contributed by atoms with E-state index in [9.17, 15) is 9.18 Å². The van der Waals surface area contributed by atoms with Crippen LogP contribution in [-0.4, -0.2) is 10.9 Å². The van der Waals surface area contributed by atoms with E-state index < -0.39 is 5.82 Å². The molecule has 0 unspecified atom stereocenters. The predicted molar refractivity (Wildman–Crippen MR) is 66.8 cm³/mol. The van der Waals surface area contributed by atoms with Crippen molar-refractivity contribution in [1.82, 2.24) is 10.3 Å². The van der Waals surface area contributed by atoms with Gasteiger partial charge < -0.3 is 5.32 Å². The topological polar surface area (TPSA) is 42.0 Å². The molecule has 0 aliphatic heterocycles. The highest BCUT2D eigenvalue weighted by Crippen LogP contribution is 2.14. The van der Waals surface area contributed by atoms with Gasteiger partial charge in [0, 0.05) is 35.1 Å². The van der Waals surface area contributed by atoms with Crippen LogP contribution in [0.25, 0.3) is 0 Å². The summed E-state index contributed by atoms with van der Waals surface area (Å²) in [6.45, 7) is 0.115. The van der Waals surface area contributed by atoms with Crippen molar-refractivity contribution in [3.63, 3.8) is 0 Å². The quantitative estimate of drug-likeness (QED) is 0.926. The lowest BCUT2D eigenvalue weighted by atomic mass is 10.2. The highest BCUT2D eigenvalue weighted by atomic mass is 35.5. The van der Waals surface area contributed by atoms with Gasteiger partial charge in [0.05, 0.1) is 0 Å². The Bertz CT molecular complexity index is 560. The number of hydrogen-bond acceptors (Lipinski definition) is 2. The molecule has 1 aromatic heterocycles. The van der Waals surface area contributed by atoms with Gasteiger partial charge >= 0.3 is 0 Å². The van der Waals surface area contributed by atoms with E-state index in [1.165, 1.54) is 18.5 Å². The lowest BCUT2D eigenvalue weighted by Gasteiger charge is -2.06. The Morgan fingerprint density at radius 3 is 2.67 bits per heavy atom. The summed E-state index contributed by atoms with van der Waals surface area (Å²) < 4.78 is 13.5. The zero-order valence-electron chi connectivity index (χ0n) is 9.36. The molecule has 1 aromatic carbocycles. The van der Waals surface area contributed by atoms with Crippen LogP contribution in [0.5, 0.6) is 0 Å². The van der Waals surface area contributed by atoms with Crippen molar-refractivity contribution < 1.29 is 9.18 Å². The van der Waals surface area contributed by atoms with Crippen LogP contribution in [0.3, 0.4) is 0 Å². The van der Waals surface area contributed by atoms with E-state index in [2.05, 4.69) is 10.3 Å². The van der Waals surface area contributed by atoms with Crippen LogP contribution in [0.4, 0.5) is 4.39 Å². The van der Waals surface area contributed by atoms with E-state index in [4.69, 9.17) is 11.6 Å². The maximum absolute atomic E-state index is 13.5. The number of pyridine rings is 1. The number of hydrogen-bond donors (Lipinski definition) is 1. The van der Waals surface area contributed by atoms with Gasteiger partial charge in [-0.25, -0.2) is 4.39 Å². The van der Waals surface area contributed by atoms with Crippen molar-refractivity contribution >= 4 is 17.5 Å². The lowest BCUT2D eigenvalue weighted by Crippen LogP contribution is -2.23. The van der Waals surface area contributed by atoms with Crippen LogP contribution >= 0.6 is 11.6 Å². The molecular formula is C13H10ClFN2O. The smallest absolute Gasteiger partial charge is 0.251 e. The Kier molecular flexibility index (Phi) is 3.89. The summed E-state index contributed by atoms with van der Waals surface area (Å²) in [6.07, 6.45) is 3.05. The number of carbonyl (C=O) groups excluding carboxylic acids is 1. The van der Waals surface area contributed by atoms with Crippen molar-refractivity contribution in [3.8, 4) is 0 Å². The average molecular weight is 265 g/mol. The fourth-order valence-corrected chi connectivity index (χ4v) is 1.60. The molecule has 3 nitrogen and oxygen atoms in total. The minimum Gasteiger partial charge on any atom is -0.348 e. The van der Waals surface area contributed by atoms with Crippen LogP contribution in [0.2, 0.25) is 5.02 Å². The number of benzene rings is 1. The van der Waals surface area contributed by atoms with Gasteiger partial charge in [-0.05, 0) is 24.3 Å². The first kappa shape index (κ1) is 12.5. The molecule has 0 aliphatic carbocycles. The lowest BCUT2D eigenvalue weighted by molar-refractivity contribution is 0.0950. The van der Waals surface area contributed by atoms with Crippen LogP contribution in [0.15, 0.2) is 42.7 Å². The molecular weight excluding hydrogens is 255 g/mol. The highest BCUT2D eigenvalue weighted by Gasteiger charge is 2.07. The zero-order chi connectivity index (χ0) is 13.0. The van der Waals surface area contributed by atoms with E-state index in [0.717, 1.165) is 0 Å². The van der Waals surface area contributed by atoms with Crippen LogP contribution in [-0.2, 0) is 6.54 Å². The summed E-state index contributed by atoms with van der Waals surface area (Å²) in [5, 5.41) is 2.96. The van der Waals surface area contributed by atoms with Gasteiger partial charge in [0.25, 0.3) is 5.91 Å². The summed E-state index contributed by atoms with van der Waals surface area (Å²) in [5.74, 6) is -0.704. The number of rotatable bonds is 3. The highest BCUT2D eigenvalue weighted by molar-refractivity contribution is 6.30. The standard InChI is InChI=1S/C13H10ClFN2O/c14-11-2-1-10(12(15)7-11)8-17-13(18)9-3-5-16-6-4-9/h1-7H,8H2,(H,17,18). The third kappa shape index (κ3) is 3.05. The molecule has 18 heavy (non-hydrogen) atoms. The third-order valence-electron chi connectivity index (χ3n) is 2.40. The van der Waals surface area contributed by atoms with Gasteiger partial charge in [-0.2, -0.15) is 0 Å². The molecule has 92 valence electrons. The van der Waals surface area contributed by atoms with E-state index in [1.54, 1.807) is 24.3 Å². The van der Waals surface area contributed by atoms with E-state index in [-0.39, 0.29) is 12.5 Å². The molecule has 0 aliphatic rings. The largest absolute Gasteiger partial charge is 0.348 e. The minimum atomic E-state index is -0.433. The first-order chi connectivity index (χ1) is 8.66. The van der Waals surface area contributed by atoms with Crippen LogP contribution in [0.1, 0.15) is 15.9 Å². The third-order valence-corrected chi connectivity index (χ3v) is 2.63. The van der Waals surface area contributed by atoms with E-state index >= 15 is 0 Å². The summed E-state index contributed by atoms with van der Waals surface area (Å²) in [6, 6.07) is 7.53. The molecule has 0 bridgehead atoms. The predicted octanol–water partition coefficient (Wildman–Crippen LogP) is 2.80. The van der Waals surface area contributed by atoms with Crippen molar-refractivity contribution in [3.05, 3.63) is 64.7 Å². The maximum atomic E-state index is 13.5. The van der Waals surface area contributed by atoms with Crippen LogP contribution in [0, 0.1) is 5.82 Å². The molecule has 0 spiro atoms. The van der Waals surface area contributed by atoms with Crippen molar-refractivity contribution in [2.24, 2.45) is 0 Å². The molecule has 2 rings (SSSR count). The summed E-state index contributed by atoms with van der Waals surface area (Å²) in [7, 11) is 0. The van der Waals surface area contributed by atoms with E-state index in [1.807, 2.05) is 0 Å². The average Bonchev–Trinajstić information content (AvgIpc) is 2.38. The van der Waals surface area contributed by atoms with Crippen LogP contribution < -0.4 is 5.32 Å². The Morgan fingerprint density at radius 2 is 2.00 bits per heavy atom. The Balaban J connectivity index is 2.02. The number of aromatic nitrogens is 1. The summed E-state index contributed by atoms with van der Waals surface area (Å²) in [4.78, 5) is 15.5. The molecule has 0 fully saturated rings. The number of nitrogens with zero attached hydrogens (tertiary/aromatic N) is 1. The Labute approximate surface area is 109 Å². The molecule has 5 heteroatoms. The van der Waals surface area contributed by atoms with Crippen molar-refractivity contribution in [2.45, 2.75) is 6.54 Å². The molecule has 0 atom stereocenters. The van der Waals surface area contributed by atoms with Gasteiger partial charge in [0.15, 0.2) is 0 Å². The van der Waals surface area contributed by atoms with Crippen molar-refractivity contribution in [2.75, 3.05) is 0 Å². The first-order valence-electron chi connectivity index (χ1n) is 5.29. The summed E-state index contributed by atoms with van der Waals surface area (Å²) >= 11 is 5.64. The normalized spacial score (nSPS) is 10.1. The second-order valence-corrected chi connectivity index (χ2v) is 4.09. The first-order valence-corrected chi connectivity index (χ1v) is 5.67. The Hall–Kier alpha value is -1.94. The van der Waals surface area contributed by atoms with Gasteiger partial charge in [-0.3, -0.25) is 9.78 Å². The molecule has 0 saturated carbocycles.